The summed E-state index contributed by atoms with van der Waals surface area (Å²) in [5.41, 5.74) is 5.94. The van der Waals surface area contributed by atoms with Gasteiger partial charge >= 0.3 is 0 Å². The van der Waals surface area contributed by atoms with Gasteiger partial charge in [-0.3, -0.25) is 0 Å². The Morgan fingerprint density at radius 1 is 0.724 bits per heavy atom. The Balaban J connectivity index is 1.74. The highest BCUT2D eigenvalue weighted by molar-refractivity contribution is 5.64. The predicted octanol–water partition coefficient (Wildman–Crippen LogP) is 6.58. The second-order valence-corrected chi connectivity index (χ2v) is 9.48. The summed E-state index contributed by atoms with van der Waals surface area (Å²) in [6.07, 6.45) is 4.87. The molecule has 3 aromatic rings. The molecule has 3 atom stereocenters. The average molecular weight is 379 g/mol. The summed E-state index contributed by atoms with van der Waals surface area (Å²) in [5, 5.41) is 0. The minimum atomic E-state index is -0.490. The van der Waals surface area contributed by atoms with Crippen LogP contribution >= 0.6 is 0 Å². The summed E-state index contributed by atoms with van der Waals surface area (Å²) in [6.45, 7) is 4.73. The normalized spacial score (nSPS) is 31.1. The SMILES string of the molecule is CC1(C)C=C2C(CC1)C1(c3ccccc3)OC2(c2ccccc2)c2ccccc21. The van der Waals surface area contributed by atoms with Crippen LogP contribution in [0.3, 0.4) is 0 Å². The van der Waals surface area contributed by atoms with E-state index >= 15 is 0 Å². The number of benzene rings is 3. The molecule has 1 fully saturated rings. The molecule has 2 aliphatic heterocycles. The van der Waals surface area contributed by atoms with E-state index in [9.17, 15) is 0 Å². The van der Waals surface area contributed by atoms with E-state index in [1.807, 2.05) is 0 Å². The molecule has 2 bridgehead atoms. The molecule has 0 spiro atoms. The van der Waals surface area contributed by atoms with Crippen LogP contribution in [0, 0.1) is 11.3 Å². The van der Waals surface area contributed by atoms with Crippen LogP contribution in [-0.2, 0) is 15.9 Å². The third kappa shape index (κ3) is 2.09. The van der Waals surface area contributed by atoms with Crippen LogP contribution in [0.5, 0.6) is 0 Å². The van der Waals surface area contributed by atoms with Crippen molar-refractivity contribution in [3.05, 3.63) is 119 Å². The molecule has 1 heteroatoms. The molecular weight excluding hydrogens is 352 g/mol. The molecule has 29 heavy (non-hydrogen) atoms. The Morgan fingerprint density at radius 3 is 2.00 bits per heavy atom. The fourth-order valence-electron chi connectivity index (χ4n) is 6.13. The molecule has 0 N–H and O–H groups in total. The van der Waals surface area contributed by atoms with Crippen molar-refractivity contribution in [1.29, 1.82) is 0 Å². The van der Waals surface area contributed by atoms with E-state index in [0.29, 0.717) is 5.92 Å². The lowest BCUT2D eigenvalue weighted by Gasteiger charge is -2.42. The molecule has 3 aliphatic rings. The highest BCUT2D eigenvalue weighted by Crippen LogP contribution is 2.70. The van der Waals surface area contributed by atoms with Crippen LogP contribution in [0.15, 0.2) is 96.6 Å². The van der Waals surface area contributed by atoms with Crippen molar-refractivity contribution in [3.8, 4) is 0 Å². The van der Waals surface area contributed by atoms with Gasteiger partial charge in [0.2, 0.25) is 0 Å². The molecule has 3 unspecified atom stereocenters. The maximum absolute atomic E-state index is 7.36. The lowest BCUT2D eigenvalue weighted by Crippen LogP contribution is -2.38. The monoisotopic (exact) mass is 378 g/mol. The van der Waals surface area contributed by atoms with Crippen molar-refractivity contribution in [2.75, 3.05) is 0 Å². The fraction of sp³-hybridized carbons (Fsp3) is 0.286. The second-order valence-electron chi connectivity index (χ2n) is 9.48. The van der Waals surface area contributed by atoms with Gasteiger partial charge in [-0.05, 0) is 46.1 Å². The summed E-state index contributed by atoms with van der Waals surface area (Å²) < 4.78 is 7.36. The number of ether oxygens (including phenoxy) is 1. The number of hydrogen-bond acceptors (Lipinski definition) is 1. The van der Waals surface area contributed by atoms with Gasteiger partial charge in [-0.15, -0.1) is 0 Å². The van der Waals surface area contributed by atoms with Gasteiger partial charge in [0.1, 0.15) is 11.2 Å². The number of allylic oxidation sites excluding steroid dienone is 1. The molecular formula is C28H26O. The largest absolute Gasteiger partial charge is 0.345 e. The van der Waals surface area contributed by atoms with E-state index in [-0.39, 0.29) is 5.41 Å². The first-order chi connectivity index (χ1) is 14.1. The molecule has 1 aliphatic carbocycles. The molecule has 0 amide bonds. The van der Waals surface area contributed by atoms with E-state index < -0.39 is 11.2 Å². The second kappa shape index (κ2) is 5.70. The van der Waals surface area contributed by atoms with Gasteiger partial charge in [-0.1, -0.05) is 105 Å². The van der Waals surface area contributed by atoms with Crippen LogP contribution in [0.2, 0.25) is 0 Å². The van der Waals surface area contributed by atoms with Crippen LogP contribution < -0.4 is 0 Å². The van der Waals surface area contributed by atoms with Crippen molar-refractivity contribution in [2.45, 2.75) is 37.9 Å². The van der Waals surface area contributed by atoms with Gasteiger partial charge in [0.25, 0.3) is 0 Å². The third-order valence-electron chi connectivity index (χ3n) is 7.30. The standard InChI is InChI=1S/C28H26O/c1-26(2)18-17-24-25(19-26)28(21-13-7-4-8-14-21)23-16-10-9-15-22(23)27(24,29-28)20-11-5-3-6-12-20/h3-16,19,24H,17-18H2,1-2H3. The third-order valence-corrected chi connectivity index (χ3v) is 7.30. The van der Waals surface area contributed by atoms with Crippen molar-refractivity contribution < 1.29 is 4.74 Å². The maximum atomic E-state index is 7.36. The van der Waals surface area contributed by atoms with Crippen molar-refractivity contribution >= 4 is 0 Å². The zero-order chi connectivity index (χ0) is 19.7. The van der Waals surface area contributed by atoms with Crippen LogP contribution in [0.1, 0.15) is 48.9 Å². The molecule has 0 saturated carbocycles. The van der Waals surface area contributed by atoms with Gasteiger partial charge in [0.15, 0.2) is 0 Å². The highest BCUT2D eigenvalue weighted by Gasteiger charge is 2.69. The molecule has 0 radical (unpaired) electrons. The first-order valence-electron chi connectivity index (χ1n) is 10.7. The summed E-state index contributed by atoms with van der Waals surface area (Å²) in [7, 11) is 0. The zero-order valence-electron chi connectivity index (χ0n) is 17.1. The van der Waals surface area contributed by atoms with Gasteiger partial charge in [0, 0.05) is 5.92 Å². The molecule has 0 aromatic heterocycles. The molecule has 144 valence electrons. The number of hydrogen-bond donors (Lipinski definition) is 0. The first-order valence-corrected chi connectivity index (χ1v) is 10.7. The summed E-state index contributed by atoms with van der Waals surface area (Å²) >= 11 is 0. The van der Waals surface area contributed by atoms with E-state index in [1.165, 1.54) is 34.2 Å². The molecule has 1 nitrogen and oxygen atoms in total. The van der Waals surface area contributed by atoms with E-state index in [0.717, 1.165) is 6.42 Å². The minimum absolute atomic E-state index is 0.189. The van der Waals surface area contributed by atoms with Gasteiger partial charge in [-0.25, -0.2) is 0 Å². The Hall–Kier alpha value is -2.64. The number of fused-ring (bicyclic) bond motifs is 8. The van der Waals surface area contributed by atoms with E-state index in [2.05, 4.69) is 105 Å². The summed E-state index contributed by atoms with van der Waals surface area (Å²) in [5.74, 6) is 0.369. The lowest BCUT2D eigenvalue weighted by molar-refractivity contribution is -0.0485. The smallest absolute Gasteiger partial charge is 0.142 e. The van der Waals surface area contributed by atoms with Gasteiger partial charge in [-0.2, -0.15) is 0 Å². The maximum Gasteiger partial charge on any atom is 0.142 e. The molecule has 1 saturated heterocycles. The Morgan fingerprint density at radius 2 is 1.31 bits per heavy atom. The molecule has 6 rings (SSSR count). The number of rotatable bonds is 2. The van der Waals surface area contributed by atoms with Crippen LogP contribution in [0.25, 0.3) is 0 Å². The van der Waals surface area contributed by atoms with E-state index in [4.69, 9.17) is 4.74 Å². The Labute approximate surface area is 173 Å². The predicted molar refractivity (Wildman–Crippen MR) is 117 cm³/mol. The topological polar surface area (TPSA) is 9.23 Å². The average Bonchev–Trinajstić information content (AvgIpc) is 3.23. The summed E-state index contributed by atoms with van der Waals surface area (Å²) in [4.78, 5) is 0. The van der Waals surface area contributed by atoms with Crippen molar-refractivity contribution in [3.63, 3.8) is 0 Å². The minimum Gasteiger partial charge on any atom is -0.345 e. The zero-order valence-corrected chi connectivity index (χ0v) is 17.1. The molecule has 2 heterocycles. The summed E-state index contributed by atoms with van der Waals surface area (Å²) in [6, 6.07) is 30.7. The lowest BCUT2D eigenvalue weighted by atomic mass is 9.58. The van der Waals surface area contributed by atoms with E-state index in [1.54, 1.807) is 0 Å². The fourth-order valence-corrected chi connectivity index (χ4v) is 6.13. The van der Waals surface area contributed by atoms with Gasteiger partial charge in [0.05, 0.1) is 0 Å². The Bertz CT molecular complexity index is 1110. The van der Waals surface area contributed by atoms with Crippen LogP contribution in [-0.4, -0.2) is 0 Å². The molecule has 3 aromatic carbocycles. The van der Waals surface area contributed by atoms with Crippen molar-refractivity contribution in [1.82, 2.24) is 0 Å². The first kappa shape index (κ1) is 17.2. The Kier molecular flexibility index (Phi) is 3.39. The van der Waals surface area contributed by atoms with Crippen molar-refractivity contribution in [2.24, 2.45) is 11.3 Å². The van der Waals surface area contributed by atoms with Gasteiger partial charge < -0.3 is 4.74 Å². The highest BCUT2D eigenvalue weighted by atomic mass is 16.5. The van der Waals surface area contributed by atoms with Crippen LogP contribution in [0.4, 0.5) is 0 Å². The quantitative estimate of drug-likeness (QED) is 0.458.